The number of hydrogen-bond acceptors (Lipinski definition) is 7. The summed E-state index contributed by atoms with van der Waals surface area (Å²) in [7, 11) is -0.0459. The Kier molecular flexibility index (Phi) is 4.56. The van der Waals surface area contributed by atoms with Gasteiger partial charge in [-0.3, -0.25) is 4.98 Å². The van der Waals surface area contributed by atoms with Crippen molar-refractivity contribution in [3.8, 4) is 11.5 Å². The van der Waals surface area contributed by atoms with Crippen LogP contribution in [0.25, 0.3) is 22.7 Å². The van der Waals surface area contributed by atoms with Gasteiger partial charge in [0.25, 0.3) is 0 Å². The molecule has 4 rings (SSSR count). The largest absolute Gasteiger partial charge is 0.440 e. The number of nitrogens with zero attached hydrogens (tertiary/aromatic N) is 6. The van der Waals surface area contributed by atoms with Crippen LogP contribution < -0.4 is 0 Å². The molecule has 1 aliphatic carbocycles. The van der Waals surface area contributed by atoms with Crippen molar-refractivity contribution in [2.24, 2.45) is 11.4 Å². The predicted molar refractivity (Wildman–Crippen MR) is 95.8 cm³/mol. The molecule has 0 spiro atoms. The summed E-state index contributed by atoms with van der Waals surface area (Å²) in [6.45, 7) is 2.14. The molecule has 1 aliphatic rings. The minimum atomic E-state index is -4.62. The summed E-state index contributed by atoms with van der Waals surface area (Å²) in [5.41, 5.74) is 0.397. The standard InChI is InChI=1S/C17H16F3N6OS/c1-3-22-28(27)12-6-10(9-4-5-9)8-21-14(12)16-23-11-7-13(17(18,19)20)24-25-15(11)26(16)2/h6-9H,3-5H2,1-2H3/q-1. The van der Waals surface area contributed by atoms with Crippen molar-refractivity contribution >= 4 is 21.8 Å². The lowest BCUT2D eigenvalue weighted by molar-refractivity contribution is -0.141. The van der Waals surface area contributed by atoms with Crippen LogP contribution in [0.1, 0.15) is 36.9 Å². The maximum Gasteiger partial charge on any atom is 0.435 e. The number of hydrogen-bond donors (Lipinski definition) is 0. The predicted octanol–water partition coefficient (Wildman–Crippen LogP) is 3.85. The van der Waals surface area contributed by atoms with Crippen LogP contribution in [0.3, 0.4) is 0 Å². The molecule has 0 N–H and O–H groups in total. The van der Waals surface area contributed by atoms with E-state index in [1.165, 1.54) is 4.57 Å². The van der Waals surface area contributed by atoms with Gasteiger partial charge in [0.1, 0.15) is 5.52 Å². The van der Waals surface area contributed by atoms with Crippen molar-refractivity contribution in [1.29, 1.82) is 0 Å². The zero-order valence-corrected chi connectivity index (χ0v) is 15.9. The van der Waals surface area contributed by atoms with E-state index in [1.807, 2.05) is 0 Å². The molecule has 0 unspecified atom stereocenters. The molecule has 28 heavy (non-hydrogen) atoms. The van der Waals surface area contributed by atoms with Gasteiger partial charge in [0.15, 0.2) is 17.2 Å². The van der Waals surface area contributed by atoms with E-state index < -0.39 is 22.5 Å². The van der Waals surface area contributed by atoms with Crippen molar-refractivity contribution in [2.75, 3.05) is 6.54 Å². The Hall–Kier alpha value is -2.56. The van der Waals surface area contributed by atoms with Gasteiger partial charge in [-0.15, -0.1) is 10.2 Å². The van der Waals surface area contributed by atoms with Crippen molar-refractivity contribution in [3.05, 3.63) is 29.6 Å². The van der Waals surface area contributed by atoms with Gasteiger partial charge in [-0.2, -0.15) is 23.8 Å². The van der Waals surface area contributed by atoms with E-state index in [-0.39, 0.29) is 17.0 Å². The van der Waals surface area contributed by atoms with E-state index in [0.29, 0.717) is 23.1 Å². The first-order valence-corrected chi connectivity index (χ1v) is 9.77. The lowest BCUT2D eigenvalue weighted by Crippen LogP contribution is -2.09. The highest BCUT2D eigenvalue weighted by Crippen LogP contribution is 2.41. The van der Waals surface area contributed by atoms with Gasteiger partial charge in [-0.1, -0.05) is 11.0 Å². The lowest BCUT2D eigenvalue weighted by Gasteiger charge is -2.13. The Labute approximate surface area is 160 Å². The number of aromatic nitrogens is 5. The van der Waals surface area contributed by atoms with Gasteiger partial charge in [-0.05, 0) is 31.2 Å². The molecule has 0 aliphatic heterocycles. The molecule has 7 nitrogen and oxygen atoms in total. The second-order valence-electron chi connectivity index (χ2n) is 6.51. The Morgan fingerprint density at radius 2 is 2.04 bits per heavy atom. The maximum atomic E-state index is 12.9. The Bertz CT molecular complexity index is 1150. The van der Waals surface area contributed by atoms with Gasteiger partial charge in [0, 0.05) is 25.9 Å². The fourth-order valence-corrected chi connectivity index (χ4v) is 3.84. The van der Waals surface area contributed by atoms with Crippen LogP contribution >= 0.6 is 0 Å². The Balaban J connectivity index is 1.90. The Morgan fingerprint density at radius 1 is 1.29 bits per heavy atom. The summed E-state index contributed by atoms with van der Waals surface area (Å²) < 4.78 is 57.0. The highest BCUT2D eigenvalue weighted by atomic mass is 32.2. The summed E-state index contributed by atoms with van der Waals surface area (Å²) >= 11 is 0. The van der Waals surface area contributed by atoms with Crippen LogP contribution in [0.15, 0.2) is 27.6 Å². The highest BCUT2D eigenvalue weighted by Gasteiger charge is 2.34. The van der Waals surface area contributed by atoms with Crippen LogP contribution in [0.5, 0.6) is 0 Å². The molecule has 11 heteroatoms. The number of halogens is 3. The summed E-state index contributed by atoms with van der Waals surface area (Å²) in [6, 6.07) is 2.65. The van der Waals surface area contributed by atoms with Crippen LogP contribution in [0.4, 0.5) is 13.2 Å². The summed E-state index contributed by atoms with van der Waals surface area (Å²) in [5, 5.41) is 6.91. The fourth-order valence-electron chi connectivity index (χ4n) is 2.92. The molecule has 0 bridgehead atoms. The third-order valence-electron chi connectivity index (χ3n) is 4.48. The number of rotatable bonds is 4. The lowest BCUT2D eigenvalue weighted by atomic mass is 10.2. The van der Waals surface area contributed by atoms with E-state index in [1.54, 1.807) is 26.2 Å². The number of fused-ring (bicyclic) bond motifs is 1. The van der Waals surface area contributed by atoms with Crippen molar-refractivity contribution in [2.45, 2.75) is 36.8 Å². The number of alkyl halides is 3. The molecule has 3 aromatic rings. The summed E-state index contributed by atoms with van der Waals surface area (Å²) in [5.74, 6) is 0.667. The van der Waals surface area contributed by atoms with E-state index in [2.05, 4.69) is 24.5 Å². The third-order valence-corrected chi connectivity index (χ3v) is 5.66. The van der Waals surface area contributed by atoms with Gasteiger partial charge in [-0.25, -0.2) is 4.98 Å². The molecule has 1 fully saturated rings. The van der Waals surface area contributed by atoms with Crippen LogP contribution in [0.2, 0.25) is 0 Å². The molecule has 148 valence electrons. The summed E-state index contributed by atoms with van der Waals surface area (Å²) in [4.78, 5) is 9.10. The number of imidazole rings is 1. The monoisotopic (exact) mass is 409 g/mol. The van der Waals surface area contributed by atoms with Crippen molar-refractivity contribution in [1.82, 2.24) is 24.7 Å². The van der Waals surface area contributed by atoms with Gasteiger partial charge in [0.2, 0.25) is 0 Å². The first kappa shape index (κ1) is 18.8. The first-order valence-electron chi connectivity index (χ1n) is 8.66. The molecule has 0 atom stereocenters. The zero-order valence-electron chi connectivity index (χ0n) is 15.1. The quantitative estimate of drug-likeness (QED) is 0.611. The van der Waals surface area contributed by atoms with Gasteiger partial charge < -0.3 is 13.1 Å². The van der Waals surface area contributed by atoms with Crippen LogP contribution in [-0.2, 0) is 28.0 Å². The molecular formula is C17H16F3N6OS-. The SMILES string of the molecule is CCN=[S-](=O)c1cc(C2CC2)cnc1-c1nc2cc(C(F)(F)F)nnc2n1C. The second-order valence-corrected chi connectivity index (χ2v) is 7.71. The average molecular weight is 409 g/mol. The first-order chi connectivity index (χ1) is 13.3. The summed E-state index contributed by atoms with van der Waals surface area (Å²) in [6.07, 6.45) is -0.804. The fraction of sp³-hybridized carbons (Fsp3) is 0.412. The molecular weight excluding hydrogens is 393 g/mol. The molecule has 0 amide bonds. The maximum absolute atomic E-state index is 12.9. The number of aryl methyl sites for hydroxylation is 1. The van der Waals surface area contributed by atoms with E-state index in [4.69, 9.17) is 0 Å². The normalized spacial score (nSPS) is 16.0. The highest BCUT2D eigenvalue weighted by molar-refractivity contribution is 7.75. The Morgan fingerprint density at radius 3 is 2.68 bits per heavy atom. The van der Waals surface area contributed by atoms with Crippen molar-refractivity contribution in [3.63, 3.8) is 0 Å². The third kappa shape index (κ3) is 3.34. The molecule has 3 aromatic heterocycles. The molecule has 0 aromatic carbocycles. The smallest absolute Gasteiger partial charge is 0.435 e. The molecule has 0 radical (unpaired) electrons. The topological polar surface area (TPSA) is 85.9 Å². The zero-order chi connectivity index (χ0) is 20.1. The minimum absolute atomic E-state index is 0.0389. The van der Waals surface area contributed by atoms with Gasteiger partial charge >= 0.3 is 6.18 Å². The average Bonchev–Trinajstić information content (AvgIpc) is 3.45. The van der Waals surface area contributed by atoms with Crippen LogP contribution in [-0.4, -0.2) is 31.3 Å². The van der Waals surface area contributed by atoms with Crippen molar-refractivity contribution < 1.29 is 17.4 Å². The van der Waals surface area contributed by atoms with E-state index in [9.17, 15) is 17.4 Å². The second kappa shape index (κ2) is 6.80. The molecule has 3 heterocycles. The van der Waals surface area contributed by atoms with E-state index in [0.717, 1.165) is 24.5 Å². The van der Waals surface area contributed by atoms with Crippen LogP contribution in [0, 0.1) is 0 Å². The minimum Gasteiger partial charge on any atom is -0.440 e. The van der Waals surface area contributed by atoms with E-state index >= 15 is 0 Å². The molecule has 0 saturated heterocycles. The molecule has 1 saturated carbocycles. The van der Waals surface area contributed by atoms with Gasteiger partial charge in [0.05, 0.1) is 5.69 Å². The number of pyridine rings is 1.